The van der Waals surface area contributed by atoms with Crippen LogP contribution in [-0.2, 0) is 33.8 Å². The van der Waals surface area contributed by atoms with Gasteiger partial charge in [0.05, 0.1) is 11.4 Å². The number of nitrogens with zero attached hydrogens (tertiary/aromatic N) is 3. The summed E-state index contributed by atoms with van der Waals surface area (Å²) in [7, 11) is -1.87. The molecule has 1 heterocycles. The Bertz CT molecular complexity index is 1760. The first-order valence-electron chi connectivity index (χ1n) is 14.7. The van der Waals surface area contributed by atoms with Crippen molar-refractivity contribution in [1.29, 1.82) is 0 Å². The number of nitrogens with one attached hydrogen (secondary N) is 1. The lowest BCUT2D eigenvalue weighted by molar-refractivity contribution is -0.120. The molecule has 0 bridgehead atoms. The zero-order chi connectivity index (χ0) is 30.5. The summed E-state index contributed by atoms with van der Waals surface area (Å²) in [6.07, 6.45) is 5.71. The van der Waals surface area contributed by atoms with Gasteiger partial charge in [0.2, 0.25) is 15.9 Å². The van der Waals surface area contributed by atoms with E-state index in [1.54, 1.807) is 47.5 Å². The van der Waals surface area contributed by atoms with Crippen LogP contribution in [0.3, 0.4) is 0 Å². The summed E-state index contributed by atoms with van der Waals surface area (Å²) in [4.78, 5) is 20.6. The maximum absolute atomic E-state index is 14.1. The van der Waals surface area contributed by atoms with E-state index in [1.807, 2.05) is 42.9 Å². The van der Waals surface area contributed by atoms with Crippen LogP contribution in [0.25, 0.3) is 0 Å². The molecule has 7 nitrogen and oxygen atoms in total. The van der Waals surface area contributed by atoms with Gasteiger partial charge in [-0.1, -0.05) is 49.7 Å². The van der Waals surface area contributed by atoms with Crippen molar-refractivity contribution in [3.05, 3.63) is 113 Å². The van der Waals surface area contributed by atoms with Crippen LogP contribution in [0.2, 0.25) is 0 Å². The Balaban J connectivity index is 1.35. The molecule has 4 aromatic rings. The summed E-state index contributed by atoms with van der Waals surface area (Å²) in [5, 5.41) is 0. The fraction of sp³-hybridized carbons (Fsp3) is 0.353. The monoisotopic (exact) mass is 600 g/mol. The molecule has 6 rings (SSSR count). The van der Waals surface area contributed by atoms with Crippen LogP contribution in [0.4, 0.5) is 10.1 Å². The number of rotatable bonds is 8. The minimum atomic E-state index is -3.77. The highest BCUT2D eigenvalue weighted by Crippen LogP contribution is 2.50. The number of carbonyl (C=O) groups excluding carboxylic acids is 1. The predicted octanol–water partition coefficient (Wildman–Crippen LogP) is 6.30. The fourth-order valence-corrected chi connectivity index (χ4v) is 7.50. The van der Waals surface area contributed by atoms with Crippen LogP contribution in [0.15, 0.2) is 84.0 Å². The highest BCUT2D eigenvalue weighted by Gasteiger charge is 2.46. The van der Waals surface area contributed by atoms with Crippen LogP contribution < -0.4 is 9.62 Å². The van der Waals surface area contributed by atoms with E-state index in [0.29, 0.717) is 18.5 Å². The maximum atomic E-state index is 14.1. The molecule has 0 saturated heterocycles. The van der Waals surface area contributed by atoms with Gasteiger partial charge in [-0.25, -0.2) is 22.5 Å². The Morgan fingerprint density at radius 1 is 1.09 bits per heavy atom. The van der Waals surface area contributed by atoms with Crippen molar-refractivity contribution in [3.8, 4) is 0 Å². The van der Waals surface area contributed by atoms with E-state index in [2.05, 4.69) is 23.6 Å². The average molecular weight is 601 g/mol. The summed E-state index contributed by atoms with van der Waals surface area (Å²) in [5.41, 5.74) is 4.44. The van der Waals surface area contributed by atoms with Gasteiger partial charge in [-0.15, -0.1) is 0 Å². The number of benzene rings is 3. The SMILES string of the molecule is Cc1ccc(S(=O)(=O)NC2CCC(C)(C)c3ccc(N(Cc4nccn4C)C(=O)C4CC4c4ccc(F)cc4)cc32)cc1. The van der Waals surface area contributed by atoms with Crippen molar-refractivity contribution in [2.45, 2.75) is 68.8 Å². The van der Waals surface area contributed by atoms with Gasteiger partial charge in [-0.3, -0.25) is 4.79 Å². The van der Waals surface area contributed by atoms with E-state index in [1.165, 1.54) is 12.1 Å². The molecule has 1 saturated carbocycles. The van der Waals surface area contributed by atoms with E-state index in [9.17, 15) is 17.6 Å². The number of amides is 1. The number of aromatic nitrogens is 2. The number of aryl methyl sites for hydroxylation is 2. The van der Waals surface area contributed by atoms with Gasteiger partial charge in [-0.2, -0.15) is 0 Å². The first kappa shape index (κ1) is 29.3. The Hall–Kier alpha value is -3.82. The van der Waals surface area contributed by atoms with E-state index >= 15 is 0 Å². The number of anilines is 1. The molecule has 1 N–H and O–H groups in total. The zero-order valence-corrected chi connectivity index (χ0v) is 25.7. The largest absolute Gasteiger partial charge is 0.337 e. The molecule has 1 fully saturated rings. The van der Waals surface area contributed by atoms with E-state index < -0.39 is 16.1 Å². The van der Waals surface area contributed by atoms with Crippen molar-refractivity contribution < 1.29 is 17.6 Å². The number of hydrogen-bond acceptors (Lipinski definition) is 4. The first-order chi connectivity index (χ1) is 20.4. The third-order valence-corrected chi connectivity index (χ3v) is 10.5. The van der Waals surface area contributed by atoms with Crippen LogP contribution in [0, 0.1) is 18.7 Å². The van der Waals surface area contributed by atoms with Crippen LogP contribution in [0.1, 0.15) is 73.1 Å². The van der Waals surface area contributed by atoms with Gasteiger partial charge in [0.1, 0.15) is 11.6 Å². The summed E-state index contributed by atoms with van der Waals surface area (Å²) in [6, 6.07) is 18.8. The summed E-state index contributed by atoms with van der Waals surface area (Å²) in [6.45, 7) is 6.54. The molecule has 3 unspecified atom stereocenters. The lowest BCUT2D eigenvalue weighted by Crippen LogP contribution is -2.37. The smallest absolute Gasteiger partial charge is 0.241 e. The molecule has 0 radical (unpaired) electrons. The Morgan fingerprint density at radius 2 is 1.81 bits per heavy atom. The zero-order valence-electron chi connectivity index (χ0n) is 24.9. The molecular formula is C34H37FN4O3S. The number of sulfonamides is 1. The number of carbonyl (C=O) groups is 1. The lowest BCUT2D eigenvalue weighted by Gasteiger charge is -2.38. The van der Waals surface area contributed by atoms with Crippen molar-refractivity contribution >= 4 is 21.6 Å². The van der Waals surface area contributed by atoms with Crippen molar-refractivity contribution in [3.63, 3.8) is 0 Å². The normalized spacial score (nSPS) is 20.8. The lowest BCUT2D eigenvalue weighted by atomic mass is 9.71. The number of halogens is 1. The molecule has 0 aliphatic heterocycles. The molecule has 2 aliphatic rings. The minimum absolute atomic E-state index is 0.0240. The standard InChI is InChI=1S/C34H37FN4O3S/c1-22-5-12-26(13-6-22)43(41,42)37-31-15-16-34(2,3)30-14-11-25(19-29(30)31)39(21-32-36-17-18-38(32)4)33(40)28-20-27(28)23-7-9-24(35)10-8-23/h5-14,17-19,27-28,31,37H,15-16,20-21H2,1-4H3. The molecule has 9 heteroatoms. The van der Waals surface area contributed by atoms with Gasteiger partial charge < -0.3 is 9.47 Å². The minimum Gasteiger partial charge on any atom is -0.337 e. The first-order valence-corrected chi connectivity index (χ1v) is 16.2. The van der Waals surface area contributed by atoms with E-state index in [0.717, 1.165) is 34.5 Å². The Labute approximate surface area is 252 Å². The van der Waals surface area contributed by atoms with Crippen LogP contribution in [0.5, 0.6) is 0 Å². The van der Waals surface area contributed by atoms with Crippen LogP contribution >= 0.6 is 0 Å². The fourth-order valence-electron chi connectivity index (χ4n) is 6.25. The number of imidazole rings is 1. The molecule has 2 aliphatic carbocycles. The highest BCUT2D eigenvalue weighted by atomic mass is 32.2. The topological polar surface area (TPSA) is 84.3 Å². The number of hydrogen-bond donors (Lipinski definition) is 1. The van der Waals surface area contributed by atoms with Gasteiger partial charge in [-0.05, 0) is 90.6 Å². The second kappa shape index (κ2) is 11.0. The molecule has 43 heavy (non-hydrogen) atoms. The van der Waals surface area contributed by atoms with Crippen molar-refractivity contribution in [1.82, 2.24) is 14.3 Å². The molecule has 3 aromatic carbocycles. The number of fused-ring (bicyclic) bond motifs is 1. The van der Waals surface area contributed by atoms with Gasteiger partial charge >= 0.3 is 0 Å². The second-order valence-electron chi connectivity index (χ2n) is 12.6. The summed E-state index contributed by atoms with van der Waals surface area (Å²) < 4.78 is 45.3. The maximum Gasteiger partial charge on any atom is 0.241 e. The van der Waals surface area contributed by atoms with Gasteiger partial charge in [0, 0.05) is 37.1 Å². The highest BCUT2D eigenvalue weighted by molar-refractivity contribution is 7.89. The Kier molecular flexibility index (Phi) is 7.50. The summed E-state index contributed by atoms with van der Waals surface area (Å²) >= 11 is 0. The molecule has 224 valence electrons. The third-order valence-electron chi connectivity index (χ3n) is 9.03. The molecule has 1 amide bonds. The molecule has 1 aromatic heterocycles. The van der Waals surface area contributed by atoms with E-state index in [-0.39, 0.29) is 40.4 Å². The predicted molar refractivity (Wildman–Crippen MR) is 165 cm³/mol. The van der Waals surface area contributed by atoms with Gasteiger partial charge in [0.25, 0.3) is 0 Å². The van der Waals surface area contributed by atoms with Crippen molar-refractivity contribution in [2.24, 2.45) is 13.0 Å². The quantitative estimate of drug-likeness (QED) is 0.258. The third kappa shape index (κ3) is 5.88. The molecule has 3 atom stereocenters. The van der Waals surface area contributed by atoms with Crippen LogP contribution in [-0.4, -0.2) is 23.9 Å². The molecular weight excluding hydrogens is 563 g/mol. The summed E-state index contributed by atoms with van der Waals surface area (Å²) in [5.74, 6) is 0.219. The Morgan fingerprint density at radius 3 is 2.49 bits per heavy atom. The second-order valence-corrected chi connectivity index (χ2v) is 14.3. The molecule has 0 spiro atoms. The van der Waals surface area contributed by atoms with Crippen molar-refractivity contribution in [2.75, 3.05) is 4.90 Å². The van der Waals surface area contributed by atoms with E-state index in [4.69, 9.17) is 0 Å². The average Bonchev–Trinajstić information content (AvgIpc) is 3.67. The van der Waals surface area contributed by atoms with Gasteiger partial charge in [0.15, 0.2) is 0 Å².